The molecule has 0 bridgehead atoms. The van der Waals surface area contributed by atoms with E-state index in [0.29, 0.717) is 10.6 Å². The molecule has 0 unspecified atom stereocenters. The van der Waals surface area contributed by atoms with Crippen LogP contribution < -0.4 is 5.32 Å². The summed E-state index contributed by atoms with van der Waals surface area (Å²) in [5, 5.41) is 13.4. The monoisotopic (exact) mass is 340 g/mol. The Morgan fingerprint density at radius 3 is 2.67 bits per heavy atom. The number of hydrogen-bond donors (Lipinski definition) is 1. The van der Waals surface area contributed by atoms with Crippen LogP contribution in [0.25, 0.3) is 11.8 Å². The van der Waals surface area contributed by atoms with Gasteiger partial charge in [-0.15, -0.1) is 0 Å². The highest BCUT2D eigenvalue weighted by atomic mass is 32.1. The van der Waals surface area contributed by atoms with Gasteiger partial charge in [0.05, 0.1) is 11.3 Å². The first kappa shape index (κ1) is 15.6. The predicted octanol–water partition coefficient (Wildman–Crippen LogP) is 3.49. The molecular formula is C16H12N4O3S. The topological polar surface area (TPSA) is 90.1 Å². The summed E-state index contributed by atoms with van der Waals surface area (Å²) in [5.41, 5.74) is 1.60. The van der Waals surface area contributed by atoms with Crippen LogP contribution in [0, 0.1) is 10.1 Å². The van der Waals surface area contributed by atoms with Crippen LogP contribution in [0.3, 0.4) is 0 Å². The van der Waals surface area contributed by atoms with Crippen LogP contribution in [-0.2, 0) is 4.79 Å². The first-order valence-corrected chi connectivity index (χ1v) is 7.75. The third kappa shape index (κ3) is 3.73. The molecule has 120 valence electrons. The molecule has 24 heavy (non-hydrogen) atoms. The van der Waals surface area contributed by atoms with Crippen LogP contribution in [0.2, 0.25) is 0 Å². The van der Waals surface area contributed by atoms with Gasteiger partial charge >= 0.3 is 5.00 Å². The number of aromatic nitrogens is 2. The molecule has 1 N–H and O–H groups in total. The van der Waals surface area contributed by atoms with E-state index in [-0.39, 0.29) is 10.9 Å². The van der Waals surface area contributed by atoms with Crippen molar-refractivity contribution in [3.63, 3.8) is 0 Å². The Labute approximate surface area is 141 Å². The number of anilines is 1. The molecule has 0 radical (unpaired) electrons. The van der Waals surface area contributed by atoms with E-state index < -0.39 is 4.92 Å². The highest BCUT2D eigenvalue weighted by Crippen LogP contribution is 2.24. The lowest BCUT2D eigenvalue weighted by Gasteiger charge is -2.05. The Morgan fingerprint density at radius 2 is 2.04 bits per heavy atom. The molecule has 1 amide bonds. The van der Waals surface area contributed by atoms with Gasteiger partial charge in [-0.2, -0.15) is 0 Å². The molecule has 0 fully saturated rings. The number of benzene rings is 1. The van der Waals surface area contributed by atoms with Crippen LogP contribution in [0.5, 0.6) is 0 Å². The van der Waals surface area contributed by atoms with Crippen molar-refractivity contribution >= 4 is 34.0 Å². The van der Waals surface area contributed by atoms with E-state index in [1.54, 1.807) is 36.8 Å². The summed E-state index contributed by atoms with van der Waals surface area (Å²) in [7, 11) is 0. The summed E-state index contributed by atoms with van der Waals surface area (Å²) in [5.74, 6) is -0.304. The molecule has 0 aliphatic carbocycles. The van der Waals surface area contributed by atoms with Crippen LogP contribution in [0.15, 0.2) is 61.2 Å². The molecule has 0 aliphatic rings. The number of imidazole rings is 1. The molecule has 7 nitrogen and oxygen atoms in total. The normalized spacial score (nSPS) is 10.8. The maximum Gasteiger partial charge on any atom is 0.324 e. The number of carbonyl (C=O) groups excluding carboxylic acids is 1. The Morgan fingerprint density at radius 1 is 1.25 bits per heavy atom. The van der Waals surface area contributed by atoms with Crippen LogP contribution in [-0.4, -0.2) is 20.4 Å². The van der Waals surface area contributed by atoms with Crippen LogP contribution in [0.4, 0.5) is 10.7 Å². The van der Waals surface area contributed by atoms with Crippen molar-refractivity contribution in [3.05, 3.63) is 76.2 Å². The second-order valence-electron chi connectivity index (χ2n) is 4.77. The minimum Gasteiger partial charge on any atom is -0.323 e. The zero-order chi connectivity index (χ0) is 16.9. The van der Waals surface area contributed by atoms with Gasteiger partial charge in [-0.1, -0.05) is 11.3 Å². The Bertz CT molecular complexity index is 882. The Balaban J connectivity index is 1.62. The maximum absolute atomic E-state index is 11.9. The summed E-state index contributed by atoms with van der Waals surface area (Å²) in [6.07, 6.45) is 8.11. The first-order valence-electron chi connectivity index (χ1n) is 6.93. The average Bonchev–Trinajstić information content (AvgIpc) is 3.25. The molecule has 2 heterocycles. The van der Waals surface area contributed by atoms with E-state index in [1.165, 1.54) is 12.1 Å². The lowest BCUT2D eigenvalue weighted by atomic mass is 10.2. The van der Waals surface area contributed by atoms with Gasteiger partial charge in [0, 0.05) is 40.8 Å². The second kappa shape index (κ2) is 6.88. The molecule has 0 saturated heterocycles. The van der Waals surface area contributed by atoms with Crippen molar-refractivity contribution in [2.24, 2.45) is 0 Å². The smallest absolute Gasteiger partial charge is 0.323 e. The van der Waals surface area contributed by atoms with Gasteiger partial charge in [0.15, 0.2) is 0 Å². The number of nitrogens with zero attached hydrogens (tertiary/aromatic N) is 3. The minimum absolute atomic E-state index is 0.0464. The van der Waals surface area contributed by atoms with Gasteiger partial charge < -0.3 is 9.88 Å². The second-order valence-corrected chi connectivity index (χ2v) is 5.87. The van der Waals surface area contributed by atoms with Gasteiger partial charge in [-0.25, -0.2) is 4.98 Å². The molecule has 2 aromatic heterocycles. The molecular weight excluding hydrogens is 328 g/mol. The predicted molar refractivity (Wildman–Crippen MR) is 92.2 cm³/mol. The van der Waals surface area contributed by atoms with E-state index in [9.17, 15) is 14.9 Å². The average molecular weight is 340 g/mol. The van der Waals surface area contributed by atoms with Crippen LogP contribution >= 0.6 is 11.3 Å². The van der Waals surface area contributed by atoms with E-state index >= 15 is 0 Å². The third-order valence-corrected chi connectivity index (χ3v) is 4.13. The fourth-order valence-electron chi connectivity index (χ4n) is 2.00. The largest absolute Gasteiger partial charge is 0.324 e. The first-order chi connectivity index (χ1) is 11.6. The molecule has 3 aromatic rings. The van der Waals surface area contributed by atoms with Crippen molar-refractivity contribution in [2.75, 3.05) is 5.32 Å². The minimum atomic E-state index is -0.454. The Kier molecular flexibility index (Phi) is 4.48. The van der Waals surface area contributed by atoms with Gasteiger partial charge in [-0.3, -0.25) is 14.9 Å². The van der Waals surface area contributed by atoms with Gasteiger partial charge in [-0.05, 0) is 36.4 Å². The van der Waals surface area contributed by atoms with Crippen molar-refractivity contribution in [1.82, 2.24) is 9.55 Å². The summed E-state index contributed by atoms with van der Waals surface area (Å²) < 4.78 is 1.86. The summed E-state index contributed by atoms with van der Waals surface area (Å²) in [4.78, 5) is 26.7. The summed E-state index contributed by atoms with van der Waals surface area (Å²) in [6, 6.07) is 10.3. The number of amides is 1. The standard InChI is InChI=1S/C16H12N4O3S/c21-15(7-5-14-6-8-16(24-14)20(22)23)18-12-1-3-13(4-2-12)19-10-9-17-11-19/h1-11H,(H,18,21)/b7-5+. The fraction of sp³-hybridized carbons (Fsp3) is 0. The zero-order valence-electron chi connectivity index (χ0n) is 12.3. The number of hydrogen-bond acceptors (Lipinski definition) is 5. The molecule has 0 atom stereocenters. The molecule has 0 aliphatic heterocycles. The van der Waals surface area contributed by atoms with E-state index in [1.807, 2.05) is 22.9 Å². The molecule has 3 rings (SSSR count). The number of thiophene rings is 1. The summed E-state index contributed by atoms with van der Waals surface area (Å²) >= 11 is 1.02. The number of rotatable bonds is 5. The van der Waals surface area contributed by atoms with Gasteiger partial charge in [0.25, 0.3) is 0 Å². The quantitative estimate of drug-likeness (QED) is 0.437. The Hall–Kier alpha value is -3.26. The third-order valence-electron chi connectivity index (χ3n) is 3.13. The number of carbonyl (C=O) groups is 1. The fourth-order valence-corrected chi connectivity index (χ4v) is 2.72. The maximum atomic E-state index is 11.9. The number of nitro groups is 1. The van der Waals surface area contributed by atoms with Crippen molar-refractivity contribution in [2.45, 2.75) is 0 Å². The van der Waals surface area contributed by atoms with Crippen LogP contribution in [0.1, 0.15) is 4.88 Å². The van der Waals surface area contributed by atoms with Crippen molar-refractivity contribution < 1.29 is 9.72 Å². The van der Waals surface area contributed by atoms with E-state index in [4.69, 9.17) is 0 Å². The zero-order valence-corrected chi connectivity index (χ0v) is 13.1. The number of nitrogens with one attached hydrogen (secondary N) is 1. The van der Waals surface area contributed by atoms with Gasteiger partial charge in [0.1, 0.15) is 0 Å². The molecule has 1 aromatic carbocycles. The highest BCUT2D eigenvalue weighted by Gasteiger charge is 2.08. The molecule has 8 heteroatoms. The lowest BCUT2D eigenvalue weighted by Crippen LogP contribution is -2.07. The SMILES string of the molecule is O=C(/C=C/c1ccc([N+](=O)[O-])s1)Nc1ccc(-n2ccnc2)cc1. The molecule has 0 spiro atoms. The van der Waals surface area contributed by atoms with E-state index in [2.05, 4.69) is 10.3 Å². The van der Waals surface area contributed by atoms with E-state index in [0.717, 1.165) is 17.0 Å². The lowest BCUT2D eigenvalue weighted by molar-refractivity contribution is -0.380. The van der Waals surface area contributed by atoms with Crippen molar-refractivity contribution in [1.29, 1.82) is 0 Å². The van der Waals surface area contributed by atoms with Gasteiger partial charge in [0.2, 0.25) is 5.91 Å². The van der Waals surface area contributed by atoms with Crippen molar-refractivity contribution in [3.8, 4) is 5.69 Å². The highest BCUT2D eigenvalue weighted by molar-refractivity contribution is 7.16. The summed E-state index contributed by atoms with van der Waals surface area (Å²) in [6.45, 7) is 0. The molecule has 0 saturated carbocycles.